The van der Waals surface area contributed by atoms with Crippen molar-refractivity contribution in [1.29, 1.82) is 0 Å². The Morgan fingerprint density at radius 3 is 2.68 bits per heavy atom. The van der Waals surface area contributed by atoms with Crippen LogP contribution in [-0.2, 0) is 0 Å². The highest BCUT2D eigenvalue weighted by Crippen LogP contribution is 2.41. The fraction of sp³-hybridized carbons (Fsp3) is 0.462. The van der Waals surface area contributed by atoms with E-state index in [0.717, 1.165) is 35.7 Å². The standard InChI is InChI=1S/C26H33N3OS/c1-4-22-21-11-5-6-12-24(21)31-25-14-13-20(17-23(25)28-22)26(30)27-15-8-16-29-18(2)9-7-10-19(29)3/h5-6,11-14,17-19H,4,7-10,15-16H2,1-3H3,(H,27,30). The predicted octanol–water partition coefficient (Wildman–Crippen LogP) is 6.06. The van der Waals surface area contributed by atoms with Crippen molar-refractivity contribution in [2.45, 2.75) is 74.7 Å². The van der Waals surface area contributed by atoms with Gasteiger partial charge in [0.15, 0.2) is 0 Å². The Balaban J connectivity index is 1.40. The topological polar surface area (TPSA) is 44.7 Å². The molecule has 1 amide bonds. The van der Waals surface area contributed by atoms with Gasteiger partial charge in [-0.3, -0.25) is 14.7 Å². The molecule has 2 aromatic carbocycles. The summed E-state index contributed by atoms with van der Waals surface area (Å²) >= 11 is 1.73. The number of aliphatic imine (C=N–C) groups is 1. The molecule has 0 saturated carbocycles. The molecule has 164 valence electrons. The second-order valence-corrected chi connectivity index (χ2v) is 9.75. The van der Waals surface area contributed by atoms with Gasteiger partial charge in [-0.25, -0.2) is 0 Å². The van der Waals surface area contributed by atoms with Crippen LogP contribution in [0.5, 0.6) is 0 Å². The fourth-order valence-electron chi connectivity index (χ4n) is 4.70. The van der Waals surface area contributed by atoms with Crippen molar-refractivity contribution in [3.05, 3.63) is 53.6 Å². The SMILES string of the molecule is CCC1=Nc2cc(C(=O)NCCCN3C(C)CCCC3C)ccc2Sc2ccccc21. The van der Waals surface area contributed by atoms with Crippen LogP contribution in [0.1, 0.15) is 68.8 Å². The molecule has 4 rings (SSSR count). The second-order valence-electron chi connectivity index (χ2n) is 8.67. The highest BCUT2D eigenvalue weighted by Gasteiger charge is 2.24. The van der Waals surface area contributed by atoms with Crippen molar-refractivity contribution in [2.24, 2.45) is 4.99 Å². The van der Waals surface area contributed by atoms with Gasteiger partial charge in [0, 0.05) is 51.8 Å². The molecule has 0 spiro atoms. The number of amides is 1. The predicted molar refractivity (Wildman–Crippen MR) is 130 cm³/mol. The first-order chi connectivity index (χ1) is 15.1. The van der Waals surface area contributed by atoms with E-state index in [1.165, 1.54) is 29.7 Å². The normalized spacial score (nSPS) is 20.9. The largest absolute Gasteiger partial charge is 0.352 e. The van der Waals surface area contributed by atoms with Gasteiger partial charge in [0.05, 0.1) is 5.69 Å². The third-order valence-corrected chi connectivity index (χ3v) is 7.63. The summed E-state index contributed by atoms with van der Waals surface area (Å²) in [5, 5.41) is 3.11. The van der Waals surface area contributed by atoms with E-state index in [-0.39, 0.29) is 5.91 Å². The third-order valence-electron chi connectivity index (χ3n) is 6.48. The number of fused-ring (bicyclic) bond motifs is 2. The minimum Gasteiger partial charge on any atom is -0.352 e. The summed E-state index contributed by atoms with van der Waals surface area (Å²) in [6.45, 7) is 8.53. The summed E-state index contributed by atoms with van der Waals surface area (Å²) in [6.07, 6.45) is 5.75. The second kappa shape index (κ2) is 10.0. The Morgan fingerprint density at radius 2 is 1.90 bits per heavy atom. The molecule has 0 aromatic heterocycles. The molecule has 2 heterocycles. The Kier molecular flexibility index (Phi) is 7.13. The van der Waals surface area contributed by atoms with E-state index in [2.05, 4.69) is 55.3 Å². The minimum absolute atomic E-state index is 0.0115. The summed E-state index contributed by atoms with van der Waals surface area (Å²) in [4.78, 5) is 22.6. The molecule has 4 nitrogen and oxygen atoms in total. The molecule has 0 bridgehead atoms. The number of nitrogens with zero attached hydrogens (tertiary/aromatic N) is 2. The molecule has 1 fully saturated rings. The molecule has 0 aliphatic carbocycles. The lowest BCUT2D eigenvalue weighted by atomic mass is 9.97. The van der Waals surface area contributed by atoms with E-state index in [1.54, 1.807) is 11.8 Å². The average molecular weight is 436 g/mol. The minimum atomic E-state index is -0.0115. The van der Waals surface area contributed by atoms with Gasteiger partial charge < -0.3 is 5.32 Å². The summed E-state index contributed by atoms with van der Waals surface area (Å²) in [5.74, 6) is -0.0115. The van der Waals surface area contributed by atoms with E-state index in [0.29, 0.717) is 24.2 Å². The van der Waals surface area contributed by atoms with Crippen molar-refractivity contribution in [2.75, 3.05) is 13.1 Å². The smallest absolute Gasteiger partial charge is 0.251 e. The van der Waals surface area contributed by atoms with Gasteiger partial charge in [-0.05, 0) is 63.8 Å². The Bertz CT molecular complexity index is 961. The maximum atomic E-state index is 12.8. The first-order valence-electron chi connectivity index (χ1n) is 11.6. The zero-order chi connectivity index (χ0) is 21.8. The fourth-order valence-corrected chi connectivity index (χ4v) is 5.73. The monoisotopic (exact) mass is 435 g/mol. The maximum absolute atomic E-state index is 12.8. The van der Waals surface area contributed by atoms with E-state index in [4.69, 9.17) is 4.99 Å². The first-order valence-corrected chi connectivity index (χ1v) is 12.4. The molecule has 1 saturated heterocycles. The molecule has 2 aromatic rings. The van der Waals surface area contributed by atoms with Crippen molar-refractivity contribution in [3.63, 3.8) is 0 Å². The third kappa shape index (κ3) is 5.04. The summed E-state index contributed by atoms with van der Waals surface area (Å²) in [6, 6.07) is 15.6. The maximum Gasteiger partial charge on any atom is 0.251 e. The molecular formula is C26H33N3OS. The molecule has 0 radical (unpaired) electrons. The lowest BCUT2D eigenvalue weighted by molar-refractivity contribution is 0.0925. The Morgan fingerprint density at radius 1 is 1.13 bits per heavy atom. The van der Waals surface area contributed by atoms with E-state index >= 15 is 0 Å². The highest BCUT2D eigenvalue weighted by molar-refractivity contribution is 7.99. The molecule has 5 heteroatoms. The van der Waals surface area contributed by atoms with Crippen molar-refractivity contribution in [3.8, 4) is 0 Å². The number of likely N-dealkylation sites (tertiary alicyclic amines) is 1. The highest BCUT2D eigenvalue weighted by atomic mass is 32.2. The number of carbonyl (C=O) groups excluding carboxylic acids is 1. The number of benzene rings is 2. The van der Waals surface area contributed by atoms with Gasteiger partial charge in [0.25, 0.3) is 5.91 Å². The molecule has 2 unspecified atom stereocenters. The van der Waals surface area contributed by atoms with Gasteiger partial charge in [-0.2, -0.15) is 0 Å². The quantitative estimate of drug-likeness (QED) is 0.561. The number of piperidine rings is 1. The zero-order valence-electron chi connectivity index (χ0n) is 18.9. The van der Waals surface area contributed by atoms with Crippen molar-refractivity contribution in [1.82, 2.24) is 10.2 Å². The lowest BCUT2D eigenvalue weighted by Crippen LogP contribution is -2.44. The number of hydrogen-bond donors (Lipinski definition) is 1. The van der Waals surface area contributed by atoms with Crippen LogP contribution in [0, 0.1) is 0 Å². The molecule has 2 aliphatic rings. The van der Waals surface area contributed by atoms with Crippen LogP contribution in [0.25, 0.3) is 0 Å². The summed E-state index contributed by atoms with van der Waals surface area (Å²) in [5.41, 5.74) is 3.84. The summed E-state index contributed by atoms with van der Waals surface area (Å²) in [7, 11) is 0. The number of carbonyl (C=O) groups is 1. The van der Waals surface area contributed by atoms with Crippen molar-refractivity contribution >= 4 is 29.1 Å². The van der Waals surface area contributed by atoms with Crippen LogP contribution < -0.4 is 5.32 Å². The van der Waals surface area contributed by atoms with Crippen LogP contribution in [0.15, 0.2) is 57.2 Å². The molecular weight excluding hydrogens is 402 g/mol. The molecule has 31 heavy (non-hydrogen) atoms. The molecule has 2 atom stereocenters. The van der Waals surface area contributed by atoms with Crippen LogP contribution >= 0.6 is 11.8 Å². The average Bonchev–Trinajstić information content (AvgIpc) is 2.93. The number of nitrogens with one attached hydrogen (secondary N) is 1. The van der Waals surface area contributed by atoms with Crippen LogP contribution in [0.3, 0.4) is 0 Å². The molecule has 2 aliphatic heterocycles. The Labute approximate surface area is 190 Å². The van der Waals surface area contributed by atoms with E-state index in [9.17, 15) is 4.79 Å². The lowest BCUT2D eigenvalue weighted by Gasteiger charge is -2.39. The van der Waals surface area contributed by atoms with Crippen molar-refractivity contribution < 1.29 is 4.79 Å². The Hall–Kier alpha value is -2.11. The van der Waals surface area contributed by atoms with E-state index in [1.807, 2.05) is 18.2 Å². The first kappa shape index (κ1) is 22.1. The number of rotatable bonds is 6. The van der Waals surface area contributed by atoms with Gasteiger partial charge in [0.1, 0.15) is 0 Å². The van der Waals surface area contributed by atoms with Crippen LogP contribution in [0.4, 0.5) is 5.69 Å². The molecule has 1 N–H and O–H groups in total. The van der Waals surface area contributed by atoms with E-state index < -0.39 is 0 Å². The van der Waals surface area contributed by atoms with Crippen LogP contribution in [-0.4, -0.2) is 41.7 Å². The van der Waals surface area contributed by atoms with Crippen LogP contribution in [0.2, 0.25) is 0 Å². The van der Waals surface area contributed by atoms with Gasteiger partial charge in [-0.15, -0.1) is 0 Å². The van der Waals surface area contributed by atoms with Gasteiger partial charge >= 0.3 is 0 Å². The summed E-state index contributed by atoms with van der Waals surface area (Å²) < 4.78 is 0. The zero-order valence-corrected chi connectivity index (χ0v) is 19.7. The van der Waals surface area contributed by atoms with Gasteiger partial charge in [0.2, 0.25) is 0 Å². The van der Waals surface area contributed by atoms with Gasteiger partial charge in [-0.1, -0.05) is 43.3 Å². The number of hydrogen-bond acceptors (Lipinski definition) is 4.